The zero-order valence-electron chi connectivity index (χ0n) is 83.2. The largest absolute Gasteiger partial charge is 0.462 e. The van der Waals surface area contributed by atoms with Crippen LogP contribution in [0.4, 0.5) is 9.59 Å². The lowest BCUT2D eigenvalue weighted by Gasteiger charge is -2.58. The number of ether oxygens (including phenoxy) is 8. The minimum absolute atomic E-state index is 0.0379. The Labute approximate surface area is 809 Å². The van der Waals surface area contributed by atoms with Gasteiger partial charge in [0.15, 0.2) is 0 Å². The molecule has 6 amide bonds. The van der Waals surface area contributed by atoms with Crippen LogP contribution in [-0.2, 0) is 81.1 Å². The minimum Gasteiger partial charge on any atom is -0.462 e. The molecule has 0 radical (unpaired) electrons. The zero-order chi connectivity index (χ0) is 96.1. The summed E-state index contributed by atoms with van der Waals surface area (Å²) in [6.45, 7) is 30.2. The van der Waals surface area contributed by atoms with E-state index in [4.69, 9.17) is 48.5 Å². The SMILES string of the molecule is CC(CC[C@H](O)C(C)C)[C@H]1CCC2C3CC=C4C[C@@H](OC(=O)CCC(=O)CCCOCCOCCOCCCC(=O)CCCC[C@@H]5SC[C@@H]6NC(=O)N[C@@H]65)CC[C@]4(C)C3CC[C@@]21C.CC(CC[C@H](O)C(C)C)[C@H]1CCC2C3CC=C4C[C@@H](OC(=O)CCC(=O)ON5C(=O)CCC5=O)CC[C@]4(C)C3CC[C@@]21C.NCCOCCOCCOCCCC(=O)CCCC[C@@H]1SC[C@@H]2NC(=O)N[C@@H]21. The number of aliphatic hydroxyl groups excluding tert-OH is 2. The highest BCUT2D eigenvalue weighted by molar-refractivity contribution is 8.00. The molecule has 27 nitrogen and oxygen atoms in total. The number of urea groups is 2. The molecule has 11 fully saturated rings. The molecule has 8 N–H and O–H groups in total. The average Bonchev–Trinajstić information content (AvgIpc) is 1.43. The van der Waals surface area contributed by atoms with E-state index in [2.05, 4.69) is 103 Å². The van der Waals surface area contributed by atoms with Crippen molar-refractivity contribution < 1.29 is 101 Å². The summed E-state index contributed by atoms with van der Waals surface area (Å²) >= 11 is 3.84. The van der Waals surface area contributed by atoms with Crippen LogP contribution in [0.2, 0.25) is 0 Å². The summed E-state index contributed by atoms with van der Waals surface area (Å²) in [7, 11) is 0. The fourth-order valence-corrected chi connectivity index (χ4v) is 29.4. The van der Waals surface area contributed by atoms with Crippen molar-refractivity contribution in [2.45, 2.75) is 385 Å². The van der Waals surface area contributed by atoms with Gasteiger partial charge in [0.1, 0.15) is 29.6 Å². The second-order valence-electron chi connectivity index (χ2n) is 43.6. The zero-order valence-corrected chi connectivity index (χ0v) is 84.9. The first-order valence-corrected chi connectivity index (χ1v) is 54.7. The summed E-state index contributed by atoms with van der Waals surface area (Å²) in [5.74, 6) is 7.88. The van der Waals surface area contributed by atoms with Crippen LogP contribution in [0.5, 0.6) is 0 Å². The van der Waals surface area contributed by atoms with Gasteiger partial charge in [0.2, 0.25) is 0 Å². The molecule has 8 aliphatic carbocycles. The maximum Gasteiger partial charge on any atom is 0.333 e. The number of fused-ring (bicyclic) bond motifs is 12. The lowest BCUT2D eigenvalue weighted by Crippen LogP contribution is -2.51. The van der Waals surface area contributed by atoms with Crippen molar-refractivity contribution in [2.24, 2.45) is 98.4 Å². The minimum atomic E-state index is -0.779. The van der Waals surface area contributed by atoms with Crippen molar-refractivity contribution in [1.82, 2.24) is 26.3 Å². The fraction of sp³-hybridized carbons (Fsp3) is 0.867. The van der Waals surface area contributed by atoms with E-state index >= 15 is 0 Å². The number of carbonyl (C=O) groups excluding carboxylic acids is 10. The fourth-order valence-electron chi connectivity index (χ4n) is 26.4. The van der Waals surface area contributed by atoms with Crippen molar-refractivity contribution in [1.29, 1.82) is 0 Å². The van der Waals surface area contributed by atoms with Gasteiger partial charge in [0.25, 0.3) is 11.8 Å². The van der Waals surface area contributed by atoms with Gasteiger partial charge < -0.3 is 79.9 Å². The number of thioether (sulfide) groups is 2. The Morgan fingerprint density at radius 2 is 0.806 bits per heavy atom. The summed E-state index contributed by atoms with van der Waals surface area (Å²) in [5, 5.41) is 34.3. The van der Waals surface area contributed by atoms with Gasteiger partial charge in [-0.25, -0.2) is 14.4 Å². The number of allylic oxidation sites excluding steroid dienone is 2. The number of rotatable bonds is 55. The molecule has 24 atom stereocenters. The maximum absolute atomic E-state index is 12.9. The number of hydrogen-bond donors (Lipinski definition) is 7. The molecule has 134 heavy (non-hydrogen) atoms. The van der Waals surface area contributed by atoms with Crippen molar-refractivity contribution in [3.05, 3.63) is 23.3 Å². The molecular formula is C105H172N6O21S2. The van der Waals surface area contributed by atoms with E-state index in [1.165, 1.54) is 62.5 Å². The van der Waals surface area contributed by atoms with Gasteiger partial charge in [0, 0.05) is 113 Å². The summed E-state index contributed by atoms with van der Waals surface area (Å²) in [4.78, 5) is 125. The van der Waals surface area contributed by atoms with Crippen LogP contribution < -0.4 is 27.0 Å². The van der Waals surface area contributed by atoms with E-state index in [1.807, 2.05) is 23.5 Å². The van der Waals surface area contributed by atoms with E-state index in [9.17, 15) is 58.2 Å². The summed E-state index contributed by atoms with van der Waals surface area (Å²) in [5.41, 5.74) is 9.39. The molecule has 760 valence electrons. The Bertz CT molecular complexity index is 3840. The predicted octanol–water partition coefficient (Wildman–Crippen LogP) is 16.5. The van der Waals surface area contributed by atoms with E-state index in [-0.39, 0.29) is 128 Å². The van der Waals surface area contributed by atoms with Gasteiger partial charge in [-0.3, -0.25) is 33.6 Å². The second kappa shape index (κ2) is 53.7. The number of unbranched alkanes of at least 4 members (excludes halogenated alkanes) is 2. The number of imide groups is 1. The molecule has 13 rings (SSSR count). The molecule has 0 aromatic rings. The smallest absolute Gasteiger partial charge is 0.333 e. The summed E-state index contributed by atoms with van der Waals surface area (Å²) < 4.78 is 44.7. The normalized spacial score (nSPS) is 32.3. The second-order valence-corrected chi connectivity index (χ2v) is 46.1. The third-order valence-corrected chi connectivity index (χ3v) is 37.2. The van der Waals surface area contributed by atoms with Crippen LogP contribution in [0.1, 0.15) is 326 Å². The molecule has 5 aliphatic heterocycles. The third kappa shape index (κ3) is 30.5. The number of nitrogens with one attached hydrogen (secondary N) is 4. The first kappa shape index (κ1) is 109. The van der Waals surface area contributed by atoms with Crippen LogP contribution in [0.25, 0.3) is 0 Å². The molecule has 0 bridgehead atoms. The lowest BCUT2D eigenvalue weighted by molar-refractivity contribution is -0.197. The summed E-state index contributed by atoms with van der Waals surface area (Å²) in [6.07, 6.45) is 37.4. The Kier molecular flexibility index (Phi) is 43.8. The molecule has 5 saturated heterocycles. The molecule has 5 heterocycles. The highest BCUT2D eigenvalue weighted by Gasteiger charge is 2.62. The van der Waals surface area contributed by atoms with Crippen LogP contribution in [0.3, 0.4) is 0 Å². The van der Waals surface area contributed by atoms with Gasteiger partial charge in [-0.05, 0) is 253 Å². The predicted molar refractivity (Wildman–Crippen MR) is 519 cm³/mol. The van der Waals surface area contributed by atoms with Crippen molar-refractivity contribution in [3.8, 4) is 0 Å². The first-order valence-electron chi connectivity index (χ1n) is 52.6. The van der Waals surface area contributed by atoms with E-state index in [0.717, 1.165) is 170 Å². The van der Waals surface area contributed by atoms with Crippen LogP contribution in [0.15, 0.2) is 23.3 Å². The Balaban J connectivity index is 0.000000210. The molecule has 13 aliphatic rings. The van der Waals surface area contributed by atoms with Gasteiger partial charge >= 0.3 is 30.0 Å². The van der Waals surface area contributed by atoms with Crippen LogP contribution in [-0.4, -0.2) is 231 Å². The number of hydroxylamine groups is 2. The number of carbonyl (C=O) groups is 10. The topological polar surface area (TPSA) is 372 Å². The van der Waals surface area contributed by atoms with Gasteiger partial charge in [-0.15, -0.1) is 5.06 Å². The van der Waals surface area contributed by atoms with Crippen LogP contribution in [0, 0.1) is 92.7 Å². The first-order chi connectivity index (χ1) is 64.3. The molecule has 0 spiro atoms. The van der Waals surface area contributed by atoms with Gasteiger partial charge in [0.05, 0.1) is 115 Å². The molecule has 0 aromatic carbocycles. The van der Waals surface area contributed by atoms with E-state index in [1.54, 1.807) is 0 Å². The quantitative estimate of drug-likeness (QED) is 0.00977. The molecule has 8 unspecified atom stereocenters. The highest BCUT2D eigenvalue weighted by Crippen LogP contribution is 2.70. The lowest BCUT2D eigenvalue weighted by atomic mass is 9.47. The Hall–Kier alpha value is -5.08. The van der Waals surface area contributed by atoms with E-state index < -0.39 is 23.8 Å². The molecule has 0 aromatic heterocycles. The number of nitrogens with zero attached hydrogens (tertiary/aromatic N) is 1. The average molecular weight is 1920 g/mol. The van der Waals surface area contributed by atoms with Gasteiger partial charge in [-0.2, -0.15) is 23.5 Å². The highest BCUT2D eigenvalue weighted by atomic mass is 32.2. The number of nitrogens with two attached hydrogens (primary N) is 1. The standard InChI is InChI=1S/C51H84N2O9S.C35H53NO7.C19H35N3O5S/c1-34(2)45(56)20-14-35(3)41-18-19-42-40-17-15-36-32-39(22-24-50(36,4)43(40)23-25-51(41,42)5)62-47(57)21-16-38(55)12-9-27-60-29-31-61-30-28-59-26-8-11-37(54)10-6-7-13-46-48-44(33-63-46)52-49(58)53-48;1-21(2)29(37)11-6-22(3)26-9-10-27-25-8-7-23-20-24(16-18-34(23,4)28(25)17-19-35(26,27)5)42-32(40)14-15-33(41)43-36-30(38)12-13-31(36)39;20-7-9-26-11-13-27-12-10-25-8-3-5-15(23)4-1-2-6-17-18-16(14-28-17)21-19(24)22-18/h15,34-35,39-46,48,56H,6-14,16-33H2,1-5H3,(H2,52,53,58);7,21-22,24-29,37H,6,8-20H2,1-5H3;16-18H,1-14,20H2,(H2,21,22,24)/t35?,39-,40?,41+,42?,43?,44-,45-,46-,48-,50-,51+;22?,24-,25?,26+,27?,28?,29-,34-,35+;16-,17-,18-/m000/s1. The molecular weight excluding hydrogens is 1750 g/mol. The van der Waals surface area contributed by atoms with Crippen molar-refractivity contribution in [2.75, 3.05) is 97.3 Å². The number of Topliss-reactive ketones (excluding diaryl/α,β-unsaturated/α-hetero) is 3. The molecule has 6 saturated carbocycles. The number of hydrogen-bond acceptors (Lipinski definition) is 24. The molecule has 29 heteroatoms. The Morgan fingerprint density at radius 1 is 0.433 bits per heavy atom. The van der Waals surface area contributed by atoms with Crippen LogP contribution >= 0.6 is 23.5 Å². The third-order valence-electron chi connectivity index (χ3n) is 34.2. The van der Waals surface area contributed by atoms with E-state index in [0.29, 0.717) is 198 Å². The Morgan fingerprint density at radius 3 is 1.21 bits per heavy atom. The van der Waals surface area contributed by atoms with Crippen molar-refractivity contribution in [3.63, 3.8) is 0 Å². The van der Waals surface area contributed by atoms with Crippen molar-refractivity contribution >= 4 is 82.7 Å². The number of esters is 2. The maximum atomic E-state index is 12.9. The number of aliphatic hydroxyl groups is 2. The number of amides is 6. The summed E-state index contributed by atoms with van der Waals surface area (Å²) in [6, 6.07) is 0.918. The number of ketones is 3. The van der Waals surface area contributed by atoms with Gasteiger partial charge in [-0.1, -0.05) is 105 Å². The monoisotopic (exact) mass is 1920 g/mol.